The second-order valence-corrected chi connectivity index (χ2v) is 3.24. The summed E-state index contributed by atoms with van der Waals surface area (Å²) in [5, 5.41) is 0. The first kappa shape index (κ1) is 4.60. The second-order valence-electron chi connectivity index (χ2n) is 3.24. The van der Waals surface area contributed by atoms with E-state index in [1.165, 1.54) is 19.3 Å². The maximum atomic E-state index is 2.35. The minimum Gasteiger partial charge on any atom is -0.0809 e. The van der Waals surface area contributed by atoms with E-state index in [4.69, 9.17) is 0 Å². The van der Waals surface area contributed by atoms with E-state index >= 15 is 0 Å². The van der Waals surface area contributed by atoms with Gasteiger partial charge in [0, 0.05) is 0 Å². The van der Waals surface area contributed by atoms with Crippen molar-refractivity contribution < 1.29 is 0 Å². The quantitative estimate of drug-likeness (QED) is 0.476. The van der Waals surface area contributed by atoms with Crippen LogP contribution in [0.25, 0.3) is 0 Å². The van der Waals surface area contributed by atoms with E-state index in [1.807, 2.05) is 0 Å². The third-order valence-corrected chi connectivity index (χ3v) is 2.29. The van der Waals surface area contributed by atoms with Crippen LogP contribution in [0.1, 0.15) is 26.2 Å². The van der Waals surface area contributed by atoms with E-state index in [1.54, 1.807) is 5.57 Å². The third kappa shape index (κ3) is 0.795. The summed E-state index contributed by atoms with van der Waals surface area (Å²) in [6.45, 7) is 2.35. The minimum atomic E-state index is 1.05. The smallest absolute Gasteiger partial charge is 0.0136 e. The van der Waals surface area contributed by atoms with Crippen LogP contribution in [-0.4, -0.2) is 0 Å². The fraction of sp³-hybridized carbons (Fsp3) is 0.750. The van der Waals surface area contributed by atoms with E-state index in [0.717, 1.165) is 11.8 Å². The van der Waals surface area contributed by atoms with Crippen molar-refractivity contribution in [3.05, 3.63) is 11.6 Å². The van der Waals surface area contributed by atoms with E-state index in [2.05, 4.69) is 13.0 Å². The van der Waals surface area contributed by atoms with Crippen LogP contribution >= 0.6 is 0 Å². The Bertz CT molecular complexity index is 133. The van der Waals surface area contributed by atoms with E-state index in [9.17, 15) is 0 Å². The highest BCUT2D eigenvalue weighted by Crippen LogP contribution is 2.45. The van der Waals surface area contributed by atoms with Crippen LogP contribution in [-0.2, 0) is 0 Å². The van der Waals surface area contributed by atoms with Gasteiger partial charge < -0.3 is 0 Å². The van der Waals surface area contributed by atoms with Gasteiger partial charge in [-0.15, -0.1) is 0 Å². The van der Waals surface area contributed by atoms with Gasteiger partial charge in [0.25, 0.3) is 0 Å². The van der Waals surface area contributed by atoms with Gasteiger partial charge in [-0.1, -0.05) is 18.6 Å². The van der Waals surface area contributed by atoms with Crippen molar-refractivity contribution in [2.45, 2.75) is 26.2 Å². The van der Waals surface area contributed by atoms with Gasteiger partial charge >= 0.3 is 0 Å². The second kappa shape index (κ2) is 1.37. The number of allylic oxidation sites excluding steroid dienone is 2. The maximum absolute atomic E-state index is 2.35. The fourth-order valence-corrected chi connectivity index (χ4v) is 1.26. The molecule has 0 aliphatic heterocycles. The molecule has 2 aliphatic carbocycles. The summed E-state index contributed by atoms with van der Waals surface area (Å²) in [5.41, 5.74) is 1.72. The van der Waals surface area contributed by atoms with Crippen molar-refractivity contribution in [1.29, 1.82) is 0 Å². The molecule has 1 saturated carbocycles. The lowest BCUT2D eigenvalue weighted by Crippen LogP contribution is -1.74. The zero-order valence-corrected chi connectivity index (χ0v) is 5.35. The maximum Gasteiger partial charge on any atom is -0.0136 e. The Morgan fingerprint density at radius 1 is 1.75 bits per heavy atom. The molecule has 2 atom stereocenters. The molecule has 0 N–H and O–H groups in total. The lowest BCUT2D eigenvalue weighted by atomic mass is 10.2. The van der Waals surface area contributed by atoms with Crippen molar-refractivity contribution in [3.8, 4) is 0 Å². The summed E-state index contributed by atoms with van der Waals surface area (Å²) in [5.74, 6) is 2.14. The highest BCUT2D eigenvalue weighted by Gasteiger charge is 2.33. The molecule has 0 radical (unpaired) electrons. The summed E-state index contributed by atoms with van der Waals surface area (Å²) < 4.78 is 0. The first-order chi connectivity index (χ1) is 3.86. The molecule has 0 amide bonds. The van der Waals surface area contributed by atoms with Gasteiger partial charge in [-0.2, -0.15) is 0 Å². The molecule has 1 fully saturated rings. The average molecular weight is 108 g/mol. The molecule has 0 nitrogen and oxygen atoms in total. The zero-order chi connectivity index (χ0) is 5.56. The SMILES string of the molecule is CC1CC1CC1=CC1. The van der Waals surface area contributed by atoms with Gasteiger partial charge in [-0.3, -0.25) is 0 Å². The highest BCUT2D eigenvalue weighted by molar-refractivity contribution is 5.23. The Labute approximate surface area is 50.6 Å². The normalized spacial score (nSPS) is 41.4. The molecule has 0 heteroatoms. The van der Waals surface area contributed by atoms with Crippen LogP contribution in [0.3, 0.4) is 0 Å². The predicted molar refractivity (Wildman–Crippen MR) is 34.6 cm³/mol. The molecule has 0 spiro atoms. The molecule has 0 bridgehead atoms. The van der Waals surface area contributed by atoms with Gasteiger partial charge in [0.1, 0.15) is 0 Å². The van der Waals surface area contributed by atoms with Crippen LogP contribution in [0.5, 0.6) is 0 Å². The number of hydrogen-bond acceptors (Lipinski definition) is 0. The Balaban J connectivity index is 1.77. The fourth-order valence-electron chi connectivity index (χ4n) is 1.26. The van der Waals surface area contributed by atoms with E-state index < -0.39 is 0 Å². The summed E-state index contributed by atoms with van der Waals surface area (Å²) >= 11 is 0. The Hall–Kier alpha value is -0.260. The molecule has 2 unspecified atom stereocenters. The molecular weight excluding hydrogens is 96.1 g/mol. The standard InChI is InChI=1S/C8H12/c1-6-4-8(6)5-7-2-3-7/h2,6,8H,3-5H2,1H3. The van der Waals surface area contributed by atoms with Gasteiger partial charge in [0.2, 0.25) is 0 Å². The molecule has 2 aliphatic rings. The third-order valence-electron chi connectivity index (χ3n) is 2.29. The predicted octanol–water partition coefficient (Wildman–Crippen LogP) is 2.36. The first-order valence-corrected chi connectivity index (χ1v) is 3.54. The topological polar surface area (TPSA) is 0 Å². The molecule has 0 saturated heterocycles. The van der Waals surface area contributed by atoms with Crippen molar-refractivity contribution in [3.63, 3.8) is 0 Å². The lowest BCUT2D eigenvalue weighted by Gasteiger charge is -1.86. The molecule has 0 aromatic heterocycles. The zero-order valence-electron chi connectivity index (χ0n) is 5.35. The van der Waals surface area contributed by atoms with Crippen LogP contribution in [0, 0.1) is 11.8 Å². The molecular formula is C8H12. The van der Waals surface area contributed by atoms with Crippen molar-refractivity contribution in [1.82, 2.24) is 0 Å². The Kier molecular flexibility index (Phi) is 0.787. The Morgan fingerprint density at radius 2 is 2.38 bits per heavy atom. The van der Waals surface area contributed by atoms with Crippen molar-refractivity contribution in [2.24, 2.45) is 11.8 Å². The van der Waals surface area contributed by atoms with Crippen LogP contribution < -0.4 is 0 Å². The van der Waals surface area contributed by atoms with Gasteiger partial charge in [-0.25, -0.2) is 0 Å². The molecule has 2 rings (SSSR count). The van der Waals surface area contributed by atoms with Crippen LogP contribution in [0.2, 0.25) is 0 Å². The van der Waals surface area contributed by atoms with Crippen molar-refractivity contribution in [2.75, 3.05) is 0 Å². The lowest BCUT2D eigenvalue weighted by molar-refractivity contribution is 0.751. The number of rotatable bonds is 2. The Morgan fingerprint density at radius 3 is 2.75 bits per heavy atom. The number of hydrogen-bond donors (Lipinski definition) is 0. The molecule has 0 aromatic carbocycles. The van der Waals surface area contributed by atoms with E-state index in [-0.39, 0.29) is 0 Å². The average Bonchev–Trinajstić information content (AvgIpc) is 2.52. The minimum absolute atomic E-state index is 1.05. The van der Waals surface area contributed by atoms with Crippen molar-refractivity contribution >= 4 is 0 Å². The first-order valence-electron chi connectivity index (χ1n) is 3.54. The molecule has 44 valence electrons. The summed E-state index contributed by atoms with van der Waals surface area (Å²) in [6.07, 6.45) is 6.62. The summed E-state index contributed by atoms with van der Waals surface area (Å²) in [7, 11) is 0. The summed E-state index contributed by atoms with van der Waals surface area (Å²) in [4.78, 5) is 0. The van der Waals surface area contributed by atoms with Crippen LogP contribution in [0.4, 0.5) is 0 Å². The highest BCUT2D eigenvalue weighted by atomic mass is 14.4. The monoisotopic (exact) mass is 108 g/mol. The molecule has 0 aromatic rings. The largest absolute Gasteiger partial charge is 0.0809 e. The summed E-state index contributed by atoms with van der Waals surface area (Å²) in [6, 6.07) is 0. The van der Waals surface area contributed by atoms with Gasteiger partial charge in [0.05, 0.1) is 0 Å². The van der Waals surface area contributed by atoms with Gasteiger partial charge in [0.15, 0.2) is 0 Å². The van der Waals surface area contributed by atoms with Gasteiger partial charge in [-0.05, 0) is 31.1 Å². The van der Waals surface area contributed by atoms with Crippen LogP contribution in [0.15, 0.2) is 11.6 Å². The van der Waals surface area contributed by atoms with E-state index in [0.29, 0.717) is 0 Å². The molecule has 0 heterocycles. The molecule has 8 heavy (non-hydrogen) atoms.